The fraction of sp³-hybridized carbons (Fsp3) is 0.480. The van der Waals surface area contributed by atoms with Crippen LogP contribution in [0.25, 0.3) is 0 Å². The molecule has 1 fully saturated rings. The monoisotopic (exact) mass is 517 g/mol. The summed E-state index contributed by atoms with van der Waals surface area (Å²) in [6, 6.07) is 5.92. The summed E-state index contributed by atoms with van der Waals surface area (Å²) in [4.78, 5) is 38.9. The molecule has 0 saturated heterocycles. The van der Waals surface area contributed by atoms with Crippen molar-refractivity contribution in [3.63, 3.8) is 0 Å². The molecule has 1 saturated carbocycles. The quantitative estimate of drug-likeness (QED) is 0.518. The molecule has 0 unspecified atom stereocenters. The Morgan fingerprint density at radius 2 is 1.97 bits per heavy atom. The fourth-order valence-corrected chi connectivity index (χ4v) is 4.72. The maximum absolute atomic E-state index is 13.4. The lowest BCUT2D eigenvalue weighted by atomic mass is 9.81. The summed E-state index contributed by atoms with van der Waals surface area (Å²) < 4.78 is 13.4. The average molecular weight is 518 g/mol. The number of aliphatic hydroxyl groups is 1. The highest BCUT2D eigenvalue weighted by molar-refractivity contribution is 6.30. The number of nitrogens with one attached hydrogen (secondary N) is 2. The molecule has 11 heteroatoms. The second-order valence-electron chi connectivity index (χ2n) is 9.30. The van der Waals surface area contributed by atoms with E-state index < -0.39 is 17.8 Å². The highest BCUT2D eigenvalue weighted by Gasteiger charge is 2.34. The van der Waals surface area contributed by atoms with Crippen LogP contribution in [0, 0.1) is 18.7 Å². The molecule has 36 heavy (non-hydrogen) atoms. The zero-order valence-electron chi connectivity index (χ0n) is 20.1. The van der Waals surface area contributed by atoms with E-state index in [4.69, 9.17) is 16.4 Å². The first-order chi connectivity index (χ1) is 17.2. The van der Waals surface area contributed by atoms with Crippen LogP contribution in [0.3, 0.4) is 0 Å². The Morgan fingerprint density at radius 1 is 1.22 bits per heavy atom. The molecule has 192 valence electrons. The molecule has 2 atom stereocenters. The summed E-state index contributed by atoms with van der Waals surface area (Å²) in [6.07, 6.45) is 2.85. The van der Waals surface area contributed by atoms with Crippen LogP contribution in [0.5, 0.6) is 0 Å². The van der Waals surface area contributed by atoms with Crippen LogP contribution >= 0.6 is 11.6 Å². The maximum atomic E-state index is 13.4. The zero-order chi connectivity index (χ0) is 25.8. The molecule has 2 heterocycles. The summed E-state index contributed by atoms with van der Waals surface area (Å²) in [6.45, 7) is 3.33. The van der Waals surface area contributed by atoms with Crippen molar-refractivity contribution in [2.24, 2.45) is 11.1 Å². The van der Waals surface area contributed by atoms with Gasteiger partial charge in [-0.15, -0.1) is 0 Å². The molecular weight excluding hydrogens is 489 g/mol. The molecule has 9 nitrogen and oxygen atoms in total. The summed E-state index contributed by atoms with van der Waals surface area (Å²) in [5.74, 6) is -0.531. The highest BCUT2D eigenvalue weighted by Crippen LogP contribution is 2.33. The lowest BCUT2D eigenvalue weighted by molar-refractivity contribution is -0.129. The van der Waals surface area contributed by atoms with Crippen LogP contribution in [0.2, 0.25) is 5.02 Å². The number of aryl methyl sites for hydroxylation is 1. The minimum absolute atomic E-state index is 0.00582. The summed E-state index contributed by atoms with van der Waals surface area (Å²) >= 11 is 5.81. The normalized spacial score (nSPS) is 22.4. The van der Waals surface area contributed by atoms with E-state index in [1.54, 1.807) is 19.1 Å². The number of carbonyl (C=O) groups is 2. The van der Waals surface area contributed by atoms with Gasteiger partial charge in [0.15, 0.2) is 0 Å². The lowest BCUT2D eigenvalue weighted by Gasteiger charge is -2.31. The van der Waals surface area contributed by atoms with E-state index in [1.165, 1.54) is 19.1 Å². The number of benzene rings is 1. The predicted octanol–water partition coefficient (Wildman–Crippen LogP) is 3.06. The molecule has 1 aromatic carbocycles. The standard InChI is InChI=1S/C25H29ClFN5O4/c1-13(33)24(34)31-17-6-4-16(5-7-17)23-11-21(32-36-23)20-10-22(30-14(2)29-20)25(35)28-12-15-3-8-19(27)18(26)9-15/h3,8-10,13,16-17,23,33H,4-7,11-12H2,1-2H3,(H,28,35)(H,31,34)/t13-,16-,17-,23-/m0/s1. The Morgan fingerprint density at radius 3 is 2.67 bits per heavy atom. The van der Waals surface area contributed by atoms with Gasteiger partial charge in [-0.05, 0) is 69.2 Å². The van der Waals surface area contributed by atoms with Crippen molar-refractivity contribution in [3.05, 3.63) is 57.9 Å². The number of rotatable bonds is 7. The van der Waals surface area contributed by atoms with Gasteiger partial charge in [0.25, 0.3) is 5.91 Å². The second kappa shape index (κ2) is 11.3. The van der Waals surface area contributed by atoms with Crippen LogP contribution < -0.4 is 10.6 Å². The van der Waals surface area contributed by atoms with Gasteiger partial charge in [0.05, 0.1) is 10.7 Å². The van der Waals surface area contributed by atoms with Gasteiger partial charge in [0, 0.05) is 19.0 Å². The van der Waals surface area contributed by atoms with Crippen LogP contribution in [-0.4, -0.2) is 50.9 Å². The lowest BCUT2D eigenvalue weighted by Crippen LogP contribution is -2.43. The summed E-state index contributed by atoms with van der Waals surface area (Å²) in [5.41, 5.74) is 2.07. The van der Waals surface area contributed by atoms with Crippen LogP contribution in [0.1, 0.15) is 66.6 Å². The highest BCUT2D eigenvalue weighted by atomic mass is 35.5. The molecule has 4 rings (SSSR count). The van der Waals surface area contributed by atoms with E-state index in [1.807, 2.05) is 0 Å². The van der Waals surface area contributed by atoms with E-state index in [0.29, 0.717) is 35.1 Å². The first-order valence-electron chi connectivity index (χ1n) is 12.0. The van der Waals surface area contributed by atoms with Gasteiger partial charge < -0.3 is 20.6 Å². The first-order valence-corrected chi connectivity index (χ1v) is 12.4. The number of aromatic nitrogens is 2. The Bertz CT molecular complexity index is 1170. The third kappa shape index (κ3) is 6.36. The van der Waals surface area contributed by atoms with Crippen molar-refractivity contribution >= 4 is 29.1 Å². The molecule has 0 bridgehead atoms. The molecule has 2 aromatic rings. The van der Waals surface area contributed by atoms with Gasteiger partial charge in [-0.1, -0.05) is 22.8 Å². The van der Waals surface area contributed by atoms with Crippen molar-refractivity contribution in [2.45, 2.75) is 70.7 Å². The van der Waals surface area contributed by atoms with Crippen molar-refractivity contribution in [1.29, 1.82) is 0 Å². The largest absolute Gasteiger partial charge is 0.391 e. The van der Waals surface area contributed by atoms with Gasteiger partial charge >= 0.3 is 0 Å². The Labute approximate surface area is 213 Å². The van der Waals surface area contributed by atoms with Gasteiger partial charge in [0.1, 0.15) is 35.3 Å². The van der Waals surface area contributed by atoms with E-state index >= 15 is 0 Å². The zero-order valence-corrected chi connectivity index (χ0v) is 20.9. The maximum Gasteiger partial charge on any atom is 0.270 e. The Balaban J connectivity index is 1.33. The number of hydrogen-bond donors (Lipinski definition) is 3. The second-order valence-corrected chi connectivity index (χ2v) is 9.71. The van der Waals surface area contributed by atoms with Crippen LogP contribution in [0.4, 0.5) is 4.39 Å². The topological polar surface area (TPSA) is 126 Å². The first kappa shape index (κ1) is 26.0. The third-order valence-corrected chi connectivity index (χ3v) is 6.81. The number of amides is 2. The fourth-order valence-electron chi connectivity index (χ4n) is 4.51. The van der Waals surface area contributed by atoms with E-state index in [9.17, 15) is 19.1 Å². The number of nitrogens with zero attached hydrogens (tertiary/aromatic N) is 3. The van der Waals surface area contributed by atoms with Crippen molar-refractivity contribution < 1.29 is 23.9 Å². The molecule has 0 spiro atoms. The average Bonchev–Trinajstić information content (AvgIpc) is 3.35. The SMILES string of the molecule is Cc1nc(C(=O)NCc2ccc(F)c(Cl)c2)cc(C2=NO[C@H]([C@H]3CC[C@H](NC(=O)[C@H](C)O)CC3)C2)n1. The number of oxime groups is 1. The van der Waals surface area contributed by atoms with Crippen molar-refractivity contribution in [3.8, 4) is 0 Å². The molecule has 0 radical (unpaired) electrons. The summed E-state index contributed by atoms with van der Waals surface area (Å²) in [7, 11) is 0. The van der Waals surface area contributed by atoms with Crippen LogP contribution in [0.15, 0.2) is 29.4 Å². The number of aliphatic hydroxyl groups excluding tert-OH is 1. The van der Waals surface area contributed by atoms with E-state index in [2.05, 4.69) is 25.8 Å². The van der Waals surface area contributed by atoms with Crippen molar-refractivity contribution in [2.75, 3.05) is 0 Å². The van der Waals surface area contributed by atoms with Gasteiger partial charge in [0.2, 0.25) is 5.91 Å². The molecule has 1 aliphatic carbocycles. The smallest absolute Gasteiger partial charge is 0.270 e. The molecule has 2 aliphatic rings. The minimum Gasteiger partial charge on any atom is -0.391 e. The summed E-state index contributed by atoms with van der Waals surface area (Å²) in [5, 5.41) is 19.3. The molecule has 1 aromatic heterocycles. The molecule has 1 aliphatic heterocycles. The predicted molar refractivity (Wildman–Crippen MR) is 131 cm³/mol. The van der Waals surface area contributed by atoms with Crippen LogP contribution in [-0.2, 0) is 16.2 Å². The Hall–Kier alpha value is -3.11. The third-order valence-electron chi connectivity index (χ3n) is 6.52. The van der Waals surface area contributed by atoms with Gasteiger partial charge in [-0.2, -0.15) is 0 Å². The number of hydrogen-bond acceptors (Lipinski definition) is 7. The molecular formula is C25H29ClFN5O4. The number of halogens is 2. The van der Waals surface area contributed by atoms with E-state index in [0.717, 1.165) is 25.7 Å². The van der Waals surface area contributed by atoms with E-state index in [-0.39, 0.29) is 35.3 Å². The van der Waals surface area contributed by atoms with Gasteiger partial charge in [-0.25, -0.2) is 14.4 Å². The molecule has 2 amide bonds. The van der Waals surface area contributed by atoms with Gasteiger partial charge in [-0.3, -0.25) is 9.59 Å². The molecule has 3 N–H and O–H groups in total. The number of carbonyl (C=O) groups excluding carboxylic acids is 2. The Kier molecular flexibility index (Phi) is 8.15. The van der Waals surface area contributed by atoms with Crippen molar-refractivity contribution in [1.82, 2.24) is 20.6 Å². The minimum atomic E-state index is -1.01.